The Kier molecular flexibility index (Phi) is 10.6. The minimum Gasteiger partial charge on any atom is -0.390 e. The fourth-order valence-corrected chi connectivity index (χ4v) is 12.0. The number of aliphatic hydroxyl groups is 1. The number of hydrogen-bond donors (Lipinski definition) is 1. The van der Waals surface area contributed by atoms with E-state index in [1.54, 1.807) is 0 Å². The minimum absolute atomic E-state index is 0.405. The highest BCUT2D eigenvalue weighted by Crippen LogP contribution is 2.46. The molecule has 2 aromatic carbocycles. The summed E-state index contributed by atoms with van der Waals surface area (Å²) in [5, 5.41) is 22.4. The zero-order chi connectivity index (χ0) is 24.4. The molecule has 0 spiro atoms. The van der Waals surface area contributed by atoms with Gasteiger partial charge in [-0.25, -0.2) is 0 Å². The van der Waals surface area contributed by atoms with Crippen LogP contribution in [0.2, 0.25) is 16.6 Å². The molecule has 0 fully saturated rings. The van der Waals surface area contributed by atoms with Crippen molar-refractivity contribution in [3.05, 3.63) is 83.1 Å². The van der Waals surface area contributed by atoms with Crippen LogP contribution < -0.4 is 0 Å². The fraction of sp³-hybridized carbons (Fsp3) is 0.483. The standard InChI is InChI=1S/C29H41NO2Si/c1-22(2)33(23(3)4,24(5)6)27(20-30)19-29(32-21-26-15-11-8-12-16-26)28(31)18-17-25-13-9-7-10-14-25/h7-16,19,22-24,28-29,31H,17-18,21H2,1-6H3/b27-19+. The first-order valence-electron chi connectivity index (χ1n) is 12.2. The van der Waals surface area contributed by atoms with Gasteiger partial charge in [0.2, 0.25) is 0 Å². The normalized spacial score (nSPS) is 14.5. The van der Waals surface area contributed by atoms with Crippen molar-refractivity contribution in [1.29, 1.82) is 5.26 Å². The molecule has 0 aromatic heterocycles. The first-order chi connectivity index (χ1) is 15.7. The van der Waals surface area contributed by atoms with E-state index < -0.39 is 20.3 Å². The highest BCUT2D eigenvalue weighted by Gasteiger charge is 2.46. The quantitative estimate of drug-likeness (QED) is 0.267. The molecule has 1 N–H and O–H groups in total. The van der Waals surface area contributed by atoms with Crippen LogP contribution in [0.1, 0.15) is 59.1 Å². The molecule has 0 amide bonds. The zero-order valence-corrected chi connectivity index (χ0v) is 22.2. The molecule has 4 heteroatoms. The van der Waals surface area contributed by atoms with Gasteiger partial charge in [0.25, 0.3) is 0 Å². The monoisotopic (exact) mass is 463 g/mol. The van der Waals surface area contributed by atoms with Crippen molar-refractivity contribution in [1.82, 2.24) is 0 Å². The summed E-state index contributed by atoms with van der Waals surface area (Å²) in [5.74, 6) is 0. The second kappa shape index (κ2) is 12.9. The Balaban J connectivity index is 2.38. The largest absolute Gasteiger partial charge is 0.390 e. The lowest BCUT2D eigenvalue weighted by molar-refractivity contribution is -0.0215. The van der Waals surface area contributed by atoms with E-state index in [0.717, 1.165) is 17.2 Å². The summed E-state index contributed by atoms with van der Waals surface area (Å²) in [6.45, 7) is 13.9. The predicted molar refractivity (Wildman–Crippen MR) is 141 cm³/mol. The van der Waals surface area contributed by atoms with E-state index in [1.165, 1.54) is 5.56 Å². The van der Waals surface area contributed by atoms with Crippen molar-refractivity contribution in [2.45, 2.75) is 89.8 Å². The number of nitriles is 1. The van der Waals surface area contributed by atoms with E-state index in [4.69, 9.17) is 4.74 Å². The molecule has 3 nitrogen and oxygen atoms in total. The van der Waals surface area contributed by atoms with Crippen molar-refractivity contribution in [3.63, 3.8) is 0 Å². The number of aryl methyl sites for hydroxylation is 1. The Morgan fingerprint density at radius 1 is 0.879 bits per heavy atom. The molecule has 0 aliphatic carbocycles. The van der Waals surface area contributed by atoms with Gasteiger partial charge in [0.15, 0.2) is 0 Å². The first kappa shape index (κ1) is 27.1. The van der Waals surface area contributed by atoms with Gasteiger partial charge < -0.3 is 9.84 Å². The highest BCUT2D eigenvalue weighted by molar-refractivity contribution is 6.90. The van der Waals surface area contributed by atoms with Gasteiger partial charge in [0.1, 0.15) is 14.2 Å². The van der Waals surface area contributed by atoms with Gasteiger partial charge in [-0.2, -0.15) is 5.26 Å². The molecule has 0 saturated carbocycles. The molecule has 178 valence electrons. The summed E-state index contributed by atoms with van der Waals surface area (Å²) in [7, 11) is -2.15. The second-order valence-corrected chi connectivity index (χ2v) is 15.8. The van der Waals surface area contributed by atoms with Crippen molar-refractivity contribution in [3.8, 4) is 6.07 Å². The molecule has 0 bridgehead atoms. The van der Waals surface area contributed by atoms with Gasteiger partial charge in [-0.15, -0.1) is 0 Å². The van der Waals surface area contributed by atoms with Crippen LogP contribution in [-0.4, -0.2) is 25.4 Å². The van der Waals surface area contributed by atoms with E-state index in [0.29, 0.717) is 29.7 Å². The Labute approximate surface area is 202 Å². The van der Waals surface area contributed by atoms with E-state index >= 15 is 0 Å². The molecular weight excluding hydrogens is 422 g/mol. The maximum atomic E-state index is 11.2. The van der Waals surface area contributed by atoms with E-state index in [-0.39, 0.29) is 0 Å². The fourth-order valence-electron chi connectivity index (χ4n) is 5.54. The number of ether oxygens (including phenoxy) is 1. The number of allylic oxidation sites excluding steroid dienone is 1. The summed E-state index contributed by atoms with van der Waals surface area (Å²) in [5.41, 5.74) is 3.50. The van der Waals surface area contributed by atoms with Crippen LogP contribution in [-0.2, 0) is 17.8 Å². The molecule has 2 atom stereocenters. The zero-order valence-electron chi connectivity index (χ0n) is 21.2. The van der Waals surface area contributed by atoms with Crippen LogP contribution in [0, 0.1) is 11.3 Å². The number of benzene rings is 2. The molecule has 0 radical (unpaired) electrons. The Hall–Kier alpha value is -2.19. The Morgan fingerprint density at radius 3 is 1.82 bits per heavy atom. The van der Waals surface area contributed by atoms with Crippen LogP contribution in [0.15, 0.2) is 71.9 Å². The molecular formula is C29H41NO2Si. The molecule has 0 saturated heterocycles. The van der Waals surface area contributed by atoms with Crippen molar-refractivity contribution in [2.24, 2.45) is 0 Å². The molecule has 0 heterocycles. The lowest BCUT2D eigenvalue weighted by Gasteiger charge is -2.43. The van der Waals surface area contributed by atoms with Crippen LogP contribution in [0.3, 0.4) is 0 Å². The third-order valence-corrected chi connectivity index (χ3v) is 14.0. The van der Waals surface area contributed by atoms with Crippen LogP contribution in [0.5, 0.6) is 0 Å². The van der Waals surface area contributed by atoms with E-state index in [1.807, 2.05) is 54.6 Å². The Bertz CT molecular complexity index is 878. The van der Waals surface area contributed by atoms with Crippen molar-refractivity contribution >= 4 is 8.07 Å². The summed E-state index contributed by atoms with van der Waals surface area (Å²) < 4.78 is 6.29. The summed E-state index contributed by atoms with van der Waals surface area (Å²) in [6.07, 6.45) is 2.12. The number of aliphatic hydroxyl groups excluding tert-OH is 1. The number of rotatable bonds is 12. The van der Waals surface area contributed by atoms with E-state index in [2.05, 4.69) is 59.7 Å². The van der Waals surface area contributed by atoms with Gasteiger partial charge in [-0.1, -0.05) is 102 Å². The average Bonchev–Trinajstić information content (AvgIpc) is 2.80. The topological polar surface area (TPSA) is 53.2 Å². The van der Waals surface area contributed by atoms with Crippen LogP contribution in [0.4, 0.5) is 0 Å². The van der Waals surface area contributed by atoms with Gasteiger partial charge in [0, 0.05) is 5.20 Å². The maximum Gasteiger partial charge on any atom is 0.108 e. The molecule has 0 aliphatic heterocycles. The second-order valence-electron chi connectivity index (χ2n) is 9.94. The minimum atomic E-state index is -2.15. The third-order valence-electron chi connectivity index (χ3n) is 7.02. The molecule has 33 heavy (non-hydrogen) atoms. The van der Waals surface area contributed by atoms with Crippen LogP contribution in [0.25, 0.3) is 0 Å². The summed E-state index contributed by atoms with van der Waals surface area (Å²) >= 11 is 0. The van der Waals surface area contributed by atoms with Gasteiger partial charge in [-0.3, -0.25) is 0 Å². The van der Waals surface area contributed by atoms with Gasteiger partial charge in [0.05, 0.1) is 18.8 Å². The molecule has 2 aromatic rings. The lowest BCUT2D eigenvalue weighted by Crippen LogP contribution is -2.47. The van der Waals surface area contributed by atoms with Crippen LogP contribution >= 0.6 is 0 Å². The molecule has 2 rings (SSSR count). The third kappa shape index (κ3) is 6.90. The average molecular weight is 464 g/mol. The molecule has 2 unspecified atom stereocenters. The lowest BCUT2D eigenvalue weighted by atomic mass is 10.0. The summed E-state index contributed by atoms with van der Waals surface area (Å²) in [4.78, 5) is 0. The van der Waals surface area contributed by atoms with Gasteiger partial charge >= 0.3 is 0 Å². The summed E-state index contributed by atoms with van der Waals surface area (Å²) in [6, 6.07) is 22.8. The van der Waals surface area contributed by atoms with Crippen molar-refractivity contribution in [2.75, 3.05) is 0 Å². The SMILES string of the molecule is CC(C)[Si](/C(C#N)=C/C(OCc1ccccc1)C(O)CCc1ccccc1)(C(C)C)C(C)C. The number of nitrogens with zero attached hydrogens (tertiary/aromatic N) is 1. The van der Waals surface area contributed by atoms with Gasteiger partial charge in [-0.05, 0) is 46.7 Å². The smallest absolute Gasteiger partial charge is 0.108 e. The maximum absolute atomic E-state index is 11.2. The highest BCUT2D eigenvalue weighted by atomic mass is 28.3. The first-order valence-corrected chi connectivity index (χ1v) is 14.5. The van der Waals surface area contributed by atoms with Crippen molar-refractivity contribution < 1.29 is 9.84 Å². The Morgan fingerprint density at radius 2 is 1.36 bits per heavy atom. The number of hydrogen-bond acceptors (Lipinski definition) is 3. The molecule has 0 aliphatic rings. The van der Waals surface area contributed by atoms with E-state index in [9.17, 15) is 10.4 Å². The predicted octanol–water partition coefficient (Wildman–Crippen LogP) is 7.23.